The first-order valence-electron chi connectivity index (χ1n) is 7.63. The highest BCUT2D eigenvalue weighted by Crippen LogP contribution is 2.23. The van der Waals surface area contributed by atoms with Gasteiger partial charge in [-0.25, -0.2) is 4.98 Å². The van der Waals surface area contributed by atoms with Crippen LogP contribution in [0.3, 0.4) is 0 Å². The Kier molecular flexibility index (Phi) is 4.27. The number of imidazole rings is 1. The maximum absolute atomic E-state index is 6.13. The lowest BCUT2D eigenvalue weighted by molar-refractivity contribution is 0.513. The molecule has 0 spiro atoms. The molecule has 1 unspecified atom stereocenters. The molecule has 2 aromatic rings. The van der Waals surface area contributed by atoms with Gasteiger partial charge >= 0.3 is 0 Å². The van der Waals surface area contributed by atoms with E-state index in [2.05, 4.69) is 16.8 Å². The van der Waals surface area contributed by atoms with Crippen LogP contribution in [0.2, 0.25) is 5.02 Å². The van der Waals surface area contributed by atoms with Crippen LogP contribution in [0.4, 0.5) is 0 Å². The Balaban J connectivity index is 1.86. The minimum Gasteiger partial charge on any atom is -0.328 e. The highest BCUT2D eigenvalue weighted by Gasteiger charge is 2.17. The van der Waals surface area contributed by atoms with E-state index in [1.165, 1.54) is 37.3 Å². The minimum absolute atomic E-state index is 0.793. The molecule has 0 bridgehead atoms. The number of hydrogen-bond acceptors (Lipinski definition) is 2. The molecular formula is C16H22ClN3. The lowest BCUT2D eigenvalue weighted by Gasteiger charge is -2.10. The molecule has 1 atom stereocenters. The van der Waals surface area contributed by atoms with Crippen molar-refractivity contribution in [3.63, 3.8) is 0 Å². The summed E-state index contributed by atoms with van der Waals surface area (Å²) in [5, 5.41) is 4.23. The van der Waals surface area contributed by atoms with Gasteiger partial charge in [0.2, 0.25) is 0 Å². The highest BCUT2D eigenvalue weighted by atomic mass is 35.5. The monoisotopic (exact) mass is 291 g/mol. The zero-order valence-electron chi connectivity index (χ0n) is 12.0. The minimum atomic E-state index is 0.793. The summed E-state index contributed by atoms with van der Waals surface area (Å²) in [7, 11) is 0. The van der Waals surface area contributed by atoms with Gasteiger partial charge in [0.15, 0.2) is 0 Å². The van der Waals surface area contributed by atoms with Crippen molar-refractivity contribution < 1.29 is 0 Å². The Bertz CT molecular complexity index is 585. The smallest absolute Gasteiger partial charge is 0.109 e. The van der Waals surface area contributed by atoms with Crippen LogP contribution in [-0.2, 0) is 13.0 Å². The van der Waals surface area contributed by atoms with Gasteiger partial charge < -0.3 is 9.88 Å². The van der Waals surface area contributed by atoms with Crippen molar-refractivity contribution in [1.82, 2.24) is 14.9 Å². The van der Waals surface area contributed by atoms with E-state index in [4.69, 9.17) is 16.6 Å². The molecule has 1 aliphatic heterocycles. The van der Waals surface area contributed by atoms with E-state index < -0.39 is 0 Å². The molecular weight excluding hydrogens is 270 g/mol. The maximum Gasteiger partial charge on any atom is 0.109 e. The van der Waals surface area contributed by atoms with Crippen molar-refractivity contribution in [2.45, 2.75) is 39.2 Å². The standard InChI is InChI=1S/C16H22ClN3/c1-2-9-20-15-10-13(17)4-5-14(15)19-16(20)6-3-12-7-8-18-11-12/h4-5,10,12,18H,2-3,6-9,11H2,1H3. The molecule has 0 radical (unpaired) electrons. The van der Waals surface area contributed by atoms with Gasteiger partial charge in [0, 0.05) is 18.0 Å². The quantitative estimate of drug-likeness (QED) is 0.911. The number of benzene rings is 1. The highest BCUT2D eigenvalue weighted by molar-refractivity contribution is 6.31. The van der Waals surface area contributed by atoms with E-state index in [1.807, 2.05) is 18.2 Å². The summed E-state index contributed by atoms with van der Waals surface area (Å²) < 4.78 is 2.35. The predicted octanol–water partition coefficient (Wildman–Crippen LogP) is 3.64. The van der Waals surface area contributed by atoms with Crippen LogP contribution in [0.5, 0.6) is 0 Å². The summed E-state index contributed by atoms with van der Waals surface area (Å²) in [5.74, 6) is 2.03. The fourth-order valence-corrected chi connectivity index (χ4v) is 3.27. The fourth-order valence-electron chi connectivity index (χ4n) is 3.10. The zero-order valence-corrected chi connectivity index (χ0v) is 12.8. The average Bonchev–Trinajstić information content (AvgIpc) is 3.06. The number of aromatic nitrogens is 2. The Morgan fingerprint density at radius 3 is 3.10 bits per heavy atom. The first-order chi connectivity index (χ1) is 9.78. The number of nitrogens with one attached hydrogen (secondary N) is 1. The van der Waals surface area contributed by atoms with Crippen LogP contribution < -0.4 is 5.32 Å². The molecule has 2 heterocycles. The Labute approximate surface area is 125 Å². The zero-order chi connectivity index (χ0) is 13.9. The maximum atomic E-state index is 6.13. The molecule has 1 aliphatic rings. The van der Waals surface area contributed by atoms with E-state index in [9.17, 15) is 0 Å². The Morgan fingerprint density at radius 1 is 1.45 bits per heavy atom. The summed E-state index contributed by atoms with van der Waals surface area (Å²) in [6.45, 7) is 5.57. The second-order valence-corrected chi connectivity index (χ2v) is 6.15. The summed E-state index contributed by atoms with van der Waals surface area (Å²) >= 11 is 6.13. The largest absolute Gasteiger partial charge is 0.328 e. The molecule has 4 heteroatoms. The topological polar surface area (TPSA) is 29.9 Å². The molecule has 1 fully saturated rings. The molecule has 1 aromatic heterocycles. The third-order valence-corrected chi connectivity index (χ3v) is 4.41. The van der Waals surface area contributed by atoms with Crippen molar-refractivity contribution in [1.29, 1.82) is 0 Å². The number of halogens is 1. The molecule has 0 aliphatic carbocycles. The first-order valence-corrected chi connectivity index (χ1v) is 8.01. The van der Waals surface area contributed by atoms with Gasteiger partial charge in [-0.3, -0.25) is 0 Å². The van der Waals surface area contributed by atoms with Gasteiger partial charge in [-0.05, 0) is 56.5 Å². The van der Waals surface area contributed by atoms with Crippen molar-refractivity contribution in [2.24, 2.45) is 5.92 Å². The van der Waals surface area contributed by atoms with E-state index in [-0.39, 0.29) is 0 Å². The molecule has 0 amide bonds. The number of hydrogen-bond donors (Lipinski definition) is 1. The van der Waals surface area contributed by atoms with Gasteiger partial charge in [0.1, 0.15) is 5.82 Å². The lowest BCUT2D eigenvalue weighted by Crippen LogP contribution is -2.11. The third-order valence-electron chi connectivity index (χ3n) is 4.18. The molecule has 3 rings (SSSR count). The van der Waals surface area contributed by atoms with Crippen LogP contribution in [0.1, 0.15) is 32.0 Å². The van der Waals surface area contributed by atoms with E-state index in [0.29, 0.717) is 0 Å². The lowest BCUT2D eigenvalue weighted by atomic mass is 10.0. The van der Waals surface area contributed by atoms with Crippen LogP contribution in [0.15, 0.2) is 18.2 Å². The molecule has 3 nitrogen and oxygen atoms in total. The van der Waals surface area contributed by atoms with Crippen LogP contribution in [0, 0.1) is 5.92 Å². The Morgan fingerprint density at radius 2 is 2.35 bits per heavy atom. The van der Waals surface area contributed by atoms with Gasteiger partial charge in [0.05, 0.1) is 11.0 Å². The SMILES string of the molecule is CCCn1c(CCC2CCNC2)nc2ccc(Cl)cc21. The molecule has 1 saturated heterocycles. The van der Waals surface area contributed by atoms with Crippen molar-refractivity contribution >= 4 is 22.6 Å². The third kappa shape index (κ3) is 2.84. The van der Waals surface area contributed by atoms with E-state index in [0.717, 1.165) is 35.8 Å². The molecule has 108 valence electrons. The van der Waals surface area contributed by atoms with Crippen LogP contribution in [0.25, 0.3) is 11.0 Å². The van der Waals surface area contributed by atoms with Crippen molar-refractivity contribution in [3.05, 3.63) is 29.0 Å². The van der Waals surface area contributed by atoms with Gasteiger partial charge in [-0.1, -0.05) is 18.5 Å². The van der Waals surface area contributed by atoms with Crippen LogP contribution in [-0.4, -0.2) is 22.6 Å². The van der Waals surface area contributed by atoms with E-state index >= 15 is 0 Å². The molecule has 1 N–H and O–H groups in total. The number of aryl methyl sites for hydroxylation is 2. The number of rotatable bonds is 5. The van der Waals surface area contributed by atoms with Crippen molar-refractivity contribution in [3.8, 4) is 0 Å². The predicted molar refractivity (Wildman–Crippen MR) is 84.3 cm³/mol. The number of fused-ring (bicyclic) bond motifs is 1. The first kappa shape index (κ1) is 13.9. The molecule has 0 saturated carbocycles. The van der Waals surface area contributed by atoms with Crippen LogP contribution >= 0.6 is 11.6 Å². The molecule has 20 heavy (non-hydrogen) atoms. The normalized spacial score (nSPS) is 19.0. The Hall–Kier alpha value is -1.06. The summed E-state index contributed by atoms with van der Waals surface area (Å²) in [6, 6.07) is 6.00. The number of nitrogens with zero attached hydrogens (tertiary/aromatic N) is 2. The fraction of sp³-hybridized carbons (Fsp3) is 0.562. The van der Waals surface area contributed by atoms with Gasteiger partial charge in [0.25, 0.3) is 0 Å². The second kappa shape index (κ2) is 6.15. The summed E-state index contributed by atoms with van der Waals surface area (Å²) in [5.41, 5.74) is 2.25. The summed E-state index contributed by atoms with van der Waals surface area (Å²) in [6.07, 6.45) is 4.72. The van der Waals surface area contributed by atoms with Gasteiger partial charge in [-0.2, -0.15) is 0 Å². The average molecular weight is 292 g/mol. The second-order valence-electron chi connectivity index (χ2n) is 5.71. The summed E-state index contributed by atoms with van der Waals surface area (Å²) in [4.78, 5) is 4.82. The van der Waals surface area contributed by atoms with Crippen molar-refractivity contribution in [2.75, 3.05) is 13.1 Å². The molecule has 1 aromatic carbocycles. The van der Waals surface area contributed by atoms with E-state index in [1.54, 1.807) is 0 Å². The van der Waals surface area contributed by atoms with Gasteiger partial charge in [-0.15, -0.1) is 0 Å².